The molecule has 0 spiro atoms. The molecular formula is C26H27FN2O2. The van der Waals surface area contributed by atoms with Gasteiger partial charge in [0.15, 0.2) is 0 Å². The molecule has 4 bridgehead atoms. The molecule has 0 N–H and O–H groups in total. The Labute approximate surface area is 182 Å². The van der Waals surface area contributed by atoms with E-state index in [1.54, 1.807) is 19.2 Å². The van der Waals surface area contributed by atoms with Gasteiger partial charge in [-0.25, -0.2) is 9.37 Å². The van der Waals surface area contributed by atoms with E-state index in [9.17, 15) is 4.39 Å². The summed E-state index contributed by atoms with van der Waals surface area (Å²) >= 11 is 0. The molecule has 5 saturated heterocycles. The molecular weight excluding hydrogens is 391 g/mol. The number of nitrogens with zero attached hydrogens (tertiary/aromatic N) is 2. The Morgan fingerprint density at radius 1 is 1.19 bits per heavy atom. The summed E-state index contributed by atoms with van der Waals surface area (Å²) in [4.78, 5) is 7.55. The first-order valence-electron chi connectivity index (χ1n) is 11.3. The Hall–Kier alpha value is -2.50. The van der Waals surface area contributed by atoms with Gasteiger partial charge in [-0.2, -0.15) is 0 Å². The lowest BCUT2D eigenvalue weighted by Crippen LogP contribution is -2.70. The Balaban J connectivity index is 1.53. The number of aromatic nitrogens is 1. The molecule has 31 heavy (non-hydrogen) atoms. The standard InChI is InChI=1S/C26H27FN2O2/c1-3-26-15-29-11-10-17(26)12-24(29)25(31-26)21-14-23(16-4-6-18(27)7-5-16)28-22-9-8-19(30-2)13-20(21)22/h4-9,13-14,17,24-25H,3,10-12,15H2,1-2H3/t17?,24?,25-,26?/m0/s1. The first-order valence-corrected chi connectivity index (χ1v) is 11.3. The number of hydrogen-bond donors (Lipinski definition) is 0. The van der Waals surface area contributed by atoms with Crippen LogP contribution >= 0.6 is 0 Å². The summed E-state index contributed by atoms with van der Waals surface area (Å²) in [5, 5.41) is 1.08. The van der Waals surface area contributed by atoms with Crippen LogP contribution in [0.5, 0.6) is 5.75 Å². The lowest BCUT2D eigenvalue weighted by atomic mass is 9.66. The summed E-state index contributed by atoms with van der Waals surface area (Å²) in [6, 6.07) is 15.1. The molecule has 5 heteroatoms. The fourth-order valence-corrected chi connectivity index (χ4v) is 6.09. The Morgan fingerprint density at radius 2 is 2.03 bits per heavy atom. The van der Waals surface area contributed by atoms with Crippen molar-refractivity contribution in [2.24, 2.45) is 5.92 Å². The largest absolute Gasteiger partial charge is 0.497 e. The van der Waals surface area contributed by atoms with E-state index in [-0.39, 0.29) is 17.5 Å². The molecule has 4 nitrogen and oxygen atoms in total. The molecule has 5 atom stereocenters. The van der Waals surface area contributed by atoms with Gasteiger partial charge in [-0.15, -0.1) is 0 Å². The fraction of sp³-hybridized carbons (Fsp3) is 0.423. The normalized spacial score (nSPS) is 31.3. The summed E-state index contributed by atoms with van der Waals surface area (Å²) in [5.74, 6) is 1.23. The maximum Gasteiger partial charge on any atom is 0.123 e. The van der Waals surface area contributed by atoms with Gasteiger partial charge < -0.3 is 9.47 Å². The third-order valence-corrected chi connectivity index (χ3v) is 7.78. The Morgan fingerprint density at radius 3 is 2.74 bits per heavy atom. The zero-order valence-corrected chi connectivity index (χ0v) is 18.0. The number of methoxy groups -OCH3 is 1. The van der Waals surface area contributed by atoms with E-state index in [1.807, 2.05) is 12.1 Å². The highest BCUT2D eigenvalue weighted by molar-refractivity contribution is 5.87. The minimum absolute atomic E-state index is 0.00190. The van der Waals surface area contributed by atoms with Crippen LogP contribution in [0.1, 0.15) is 37.9 Å². The number of ether oxygens (including phenoxy) is 2. The monoisotopic (exact) mass is 418 g/mol. The van der Waals surface area contributed by atoms with Gasteiger partial charge in [0.05, 0.1) is 30.0 Å². The van der Waals surface area contributed by atoms with Crippen LogP contribution in [0.2, 0.25) is 0 Å². The van der Waals surface area contributed by atoms with Gasteiger partial charge in [-0.1, -0.05) is 6.92 Å². The SMILES string of the molecule is CCC12CN3CCC1CC3[C@H](c1cc(-c3ccc(F)cc3)nc3ccc(OC)cc13)O2. The van der Waals surface area contributed by atoms with Crippen LogP contribution in [0.3, 0.4) is 0 Å². The molecule has 0 saturated carbocycles. The first-order chi connectivity index (χ1) is 15.1. The third kappa shape index (κ3) is 2.90. The van der Waals surface area contributed by atoms with Crippen LogP contribution in [-0.4, -0.2) is 41.7 Å². The van der Waals surface area contributed by atoms with Crippen molar-refractivity contribution in [3.8, 4) is 17.0 Å². The molecule has 5 fully saturated rings. The molecule has 1 aromatic heterocycles. The Kier molecular flexibility index (Phi) is 4.34. The summed E-state index contributed by atoms with van der Waals surface area (Å²) in [7, 11) is 1.69. The summed E-state index contributed by atoms with van der Waals surface area (Å²) < 4.78 is 26.0. The smallest absolute Gasteiger partial charge is 0.123 e. The highest BCUT2D eigenvalue weighted by atomic mass is 19.1. The van der Waals surface area contributed by atoms with E-state index >= 15 is 0 Å². The van der Waals surface area contributed by atoms with Gasteiger partial charge in [-0.05, 0) is 85.8 Å². The van der Waals surface area contributed by atoms with E-state index in [1.165, 1.54) is 25.0 Å². The van der Waals surface area contributed by atoms with Gasteiger partial charge in [-0.3, -0.25) is 4.90 Å². The topological polar surface area (TPSA) is 34.6 Å². The maximum absolute atomic E-state index is 13.5. The molecule has 2 aromatic carbocycles. The number of rotatable bonds is 4. The zero-order valence-electron chi connectivity index (χ0n) is 18.0. The number of pyridine rings is 1. The summed E-state index contributed by atoms with van der Waals surface area (Å²) in [5.41, 5.74) is 3.78. The highest BCUT2D eigenvalue weighted by Gasteiger charge is 2.58. The molecule has 5 aliphatic heterocycles. The van der Waals surface area contributed by atoms with Crippen molar-refractivity contribution >= 4 is 10.9 Å². The minimum Gasteiger partial charge on any atom is -0.497 e. The minimum atomic E-state index is -0.240. The van der Waals surface area contributed by atoms with Crippen molar-refractivity contribution in [1.82, 2.24) is 9.88 Å². The van der Waals surface area contributed by atoms with E-state index in [0.29, 0.717) is 12.0 Å². The van der Waals surface area contributed by atoms with Crippen molar-refractivity contribution in [3.05, 3.63) is 59.9 Å². The Bertz CT molecular complexity index is 1150. The number of hydrogen-bond acceptors (Lipinski definition) is 4. The molecule has 4 unspecified atom stereocenters. The van der Waals surface area contributed by atoms with Crippen LogP contribution < -0.4 is 4.74 Å². The molecule has 0 amide bonds. The molecule has 5 aliphatic rings. The predicted molar refractivity (Wildman–Crippen MR) is 119 cm³/mol. The maximum atomic E-state index is 13.5. The van der Waals surface area contributed by atoms with Crippen molar-refractivity contribution in [2.45, 2.75) is 43.9 Å². The fourth-order valence-electron chi connectivity index (χ4n) is 6.09. The van der Waals surface area contributed by atoms with Crippen LogP contribution in [0.25, 0.3) is 22.2 Å². The second-order valence-electron chi connectivity index (χ2n) is 9.20. The first kappa shape index (κ1) is 19.2. The second kappa shape index (κ2) is 7.01. The van der Waals surface area contributed by atoms with Crippen LogP contribution in [0, 0.1) is 11.7 Å². The van der Waals surface area contributed by atoms with E-state index in [2.05, 4.69) is 24.0 Å². The van der Waals surface area contributed by atoms with Crippen molar-refractivity contribution in [1.29, 1.82) is 0 Å². The quantitative estimate of drug-likeness (QED) is 0.571. The van der Waals surface area contributed by atoms with Crippen molar-refractivity contribution < 1.29 is 13.9 Å². The van der Waals surface area contributed by atoms with Gasteiger partial charge >= 0.3 is 0 Å². The molecule has 6 heterocycles. The van der Waals surface area contributed by atoms with Crippen molar-refractivity contribution in [2.75, 3.05) is 20.2 Å². The molecule has 0 radical (unpaired) electrons. The summed E-state index contributed by atoms with van der Waals surface area (Å²) in [6.07, 6.45) is 3.47. The van der Waals surface area contributed by atoms with Gasteiger partial charge in [0.2, 0.25) is 0 Å². The zero-order chi connectivity index (χ0) is 21.2. The van der Waals surface area contributed by atoms with Crippen LogP contribution in [0.4, 0.5) is 4.39 Å². The van der Waals surface area contributed by atoms with Crippen LogP contribution in [0.15, 0.2) is 48.5 Å². The molecule has 8 rings (SSSR count). The molecule has 160 valence electrons. The van der Waals surface area contributed by atoms with Gasteiger partial charge in [0.1, 0.15) is 11.6 Å². The summed E-state index contributed by atoms with van der Waals surface area (Å²) in [6.45, 7) is 4.47. The number of benzene rings is 2. The van der Waals surface area contributed by atoms with E-state index in [0.717, 1.165) is 53.0 Å². The van der Waals surface area contributed by atoms with E-state index in [4.69, 9.17) is 14.5 Å². The number of halogens is 1. The lowest BCUT2D eigenvalue weighted by molar-refractivity contribution is -0.274. The van der Waals surface area contributed by atoms with E-state index < -0.39 is 0 Å². The van der Waals surface area contributed by atoms with Gasteiger partial charge in [0.25, 0.3) is 0 Å². The van der Waals surface area contributed by atoms with Gasteiger partial charge in [0, 0.05) is 23.5 Å². The average molecular weight is 419 g/mol. The van der Waals surface area contributed by atoms with Crippen molar-refractivity contribution in [3.63, 3.8) is 0 Å². The van der Waals surface area contributed by atoms with Crippen LogP contribution in [-0.2, 0) is 4.74 Å². The average Bonchev–Trinajstić information content (AvgIpc) is 2.83. The number of fused-ring (bicyclic) bond motifs is 3. The lowest BCUT2D eigenvalue weighted by Gasteiger charge is -2.64. The number of morpholine rings is 1. The number of piperidine rings is 3. The molecule has 0 aliphatic carbocycles. The predicted octanol–water partition coefficient (Wildman–Crippen LogP) is 5.36. The highest BCUT2D eigenvalue weighted by Crippen LogP contribution is 2.55. The second-order valence-corrected chi connectivity index (χ2v) is 9.20. The molecule has 3 aromatic rings. The third-order valence-electron chi connectivity index (χ3n) is 7.78.